The number of rotatable bonds is 4. The van der Waals surface area contributed by atoms with Crippen molar-refractivity contribution in [3.63, 3.8) is 0 Å². The van der Waals surface area contributed by atoms with E-state index in [1.807, 2.05) is 0 Å². The number of anilines is 1. The number of nitrogen functional groups attached to an aromatic ring is 1. The minimum Gasteiger partial charge on any atom is -0.508 e. The number of hydrogen-bond donors (Lipinski definition) is 4. The number of phenols is 2. The Kier molecular flexibility index (Phi) is 4.13. The molecule has 0 aromatic heterocycles. The third-order valence-corrected chi connectivity index (χ3v) is 3.01. The van der Waals surface area contributed by atoms with Gasteiger partial charge in [-0.15, -0.1) is 0 Å². The van der Waals surface area contributed by atoms with E-state index in [0.29, 0.717) is 5.56 Å². The Labute approximate surface area is 125 Å². The van der Waals surface area contributed by atoms with Crippen LogP contribution in [0.15, 0.2) is 42.5 Å². The number of phenolic OH excluding ortho intramolecular Hbond substituents is 2. The summed E-state index contributed by atoms with van der Waals surface area (Å²) in [6, 6.07) is 8.47. The fourth-order valence-corrected chi connectivity index (χ4v) is 1.90. The molecule has 0 aliphatic rings. The maximum absolute atomic E-state index is 12.1. The molecule has 6 nitrogen and oxygen atoms in total. The molecule has 0 amide bonds. The molecular weight excluding hydrogens is 286 g/mol. The molecular formula is C16H13NO5. The van der Waals surface area contributed by atoms with Gasteiger partial charge in [-0.3, -0.25) is 4.79 Å². The fraction of sp³-hybridized carbons (Fsp3) is 0. The molecule has 0 saturated heterocycles. The van der Waals surface area contributed by atoms with Crippen molar-refractivity contribution >= 4 is 23.5 Å². The molecule has 6 heteroatoms. The lowest BCUT2D eigenvalue weighted by Crippen LogP contribution is -2.08. The van der Waals surface area contributed by atoms with Gasteiger partial charge in [0.05, 0.1) is 11.3 Å². The predicted molar refractivity (Wildman–Crippen MR) is 80.9 cm³/mol. The Hall–Kier alpha value is -3.28. The van der Waals surface area contributed by atoms with Crippen LogP contribution in [0.1, 0.15) is 26.3 Å². The summed E-state index contributed by atoms with van der Waals surface area (Å²) < 4.78 is 0. The van der Waals surface area contributed by atoms with E-state index >= 15 is 0 Å². The summed E-state index contributed by atoms with van der Waals surface area (Å²) >= 11 is 0. The maximum atomic E-state index is 12.1. The molecule has 0 saturated carbocycles. The third-order valence-electron chi connectivity index (χ3n) is 3.01. The van der Waals surface area contributed by atoms with Crippen molar-refractivity contribution in [1.29, 1.82) is 0 Å². The van der Waals surface area contributed by atoms with Gasteiger partial charge < -0.3 is 21.1 Å². The van der Waals surface area contributed by atoms with Gasteiger partial charge in [-0.2, -0.15) is 0 Å². The number of carboxylic acid groups (broad SMARTS) is 1. The lowest BCUT2D eigenvalue weighted by atomic mass is 10.0. The van der Waals surface area contributed by atoms with Crippen LogP contribution >= 0.6 is 0 Å². The van der Waals surface area contributed by atoms with Crippen molar-refractivity contribution in [3.05, 3.63) is 59.2 Å². The summed E-state index contributed by atoms with van der Waals surface area (Å²) in [5.74, 6) is -2.29. The molecule has 0 fully saturated rings. The van der Waals surface area contributed by atoms with Crippen molar-refractivity contribution < 1.29 is 24.9 Å². The minimum atomic E-state index is -1.34. The van der Waals surface area contributed by atoms with Crippen LogP contribution in [0.4, 0.5) is 5.69 Å². The van der Waals surface area contributed by atoms with E-state index in [0.717, 1.165) is 18.2 Å². The molecule has 0 spiro atoms. The van der Waals surface area contributed by atoms with Crippen LogP contribution in [-0.4, -0.2) is 27.1 Å². The van der Waals surface area contributed by atoms with E-state index < -0.39 is 11.8 Å². The average molecular weight is 299 g/mol. The van der Waals surface area contributed by atoms with Gasteiger partial charge in [0.1, 0.15) is 11.5 Å². The molecule has 0 aliphatic heterocycles. The van der Waals surface area contributed by atoms with Gasteiger partial charge >= 0.3 is 5.97 Å². The second kappa shape index (κ2) is 6.01. The largest absolute Gasteiger partial charge is 0.508 e. The second-order valence-electron chi connectivity index (χ2n) is 4.52. The van der Waals surface area contributed by atoms with Gasteiger partial charge in [0.25, 0.3) is 0 Å². The van der Waals surface area contributed by atoms with Gasteiger partial charge in [0.2, 0.25) is 0 Å². The van der Waals surface area contributed by atoms with Gasteiger partial charge in [0, 0.05) is 11.1 Å². The van der Waals surface area contributed by atoms with Crippen LogP contribution in [0.5, 0.6) is 11.5 Å². The first-order valence-electron chi connectivity index (χ1n) is 6.26. The smallest absolute Gasteiger partial charge is 0.337 e. The van der Waals surface area contributed by atoms with Crippen LogP contribution in [-0.2, 0) is 0 Å². The van der Waals surface area contributed by atoms with Gasteiger partial charge in [-0.05, 0) is 30.4 Å². The Morgan fingerprint density at radius 3 is 2.32 bits per heavy atom. The Morgan fingerprint density at radius 2 is 1.68 bits per heavy atom. The van der Waals surface area contributed by atoms with E-state index in [1.165, 1.54) is 12.1 Å². The number of aromatic carboxylic acids is 1. The zero-order valence-corrected chi connectivity index (χ0v) is 11.4. The number of carboxylic acids is 1. The molecule has 0 bridgehead atoms. The fourth-order valence-electron chi connectivity index (χ4n) is 1.90. The van der Waals surface area contributed by atoms with E-state index in [1.54, 1.807) is 18.2 Å². The Balaban J connectivity index is 2.38. The van der Waals surface area contributed by atoms with Gasteiger partial charge in [-0.25, -0.2) is 4.79 Å². The number of carbonyl (C=O) groups excluding carboxylic acids is 1. The van der Waals surface area contributed by atoms with Crippen molar-refractivity contribution in [1.82, 2.24) is 0 Å². The SMILES string of the molecule is Nc1c(C(=O)O)cc(O)cc1C(=O)/C=C/c1ccccc1O. The Bertz CT molecular complexity index is 780. The van der Waals surface area contributed by atoms with Crippen molar-refractivity contribution in [2.45, 2.75) is 0 Å². The summed E-state index contributed by atoms with van der Waals surface area (Å²) in [6.45, 7) is 0. The van der Waals surface area contributed by atoms with Crippen molar-refractivity contribution in [2.24, 2.45) is 0 Å². The molecule has 5 N–H and O–H groups in total. The summed E-state index contributed by atoms with van der Waals surface area (Å²) in [7, 11) is 0. The molecule has 22 heavy (non-hydrogen) atoms. The van der Waals surface area contributed by atoms with Crippen LogP contribution < -0.4 is 5.73 Å². The molecule has 0 unspecified atom stereocenters. The van der Waals surface area contributed by atoms with Crippen molar-refractivity contribution in [3.8, 4) is 11.5 Å². The number of allylic oxidation sites excluding steroid dienone is 1. The zero-order valence-electron chi connectivity index (χ0n) is 11.4. The average Bonchev–Trinajstić information content (AvgIpc) is 2.47. The lowest BCUT2D eigenvalue weighted by Gasteiger charge is -2.07. The van der Waals surface area contributed by atoms with E-state index in [2.05, 4.69) is 0 Å². The first kappa shape index (κ1) is 15.1. The molecule has 112 valence electrons. The topological polar surface area (TPSA) is 121 Å². The summed E-state index contributed by atoms with van der Waals surface area (Å²) in [6.07, 6.45) is 2.52. The molecule has 2 aromatic rings. The number of aromatic hydroxyl groups is 2. The first-order chi connectivity index (χ1) is 10.4. The van der Waals surface area contributed by atoms with Crippen LogP contribution in [0.3, 0.4) is 0 Å². The number of para-hydroxylation sites is 1. The summed E-state index contributed by atoms with van der Waals surface area (Å²) in [5.41, 5.74) is 5.39. The standard InChI is InChI=1S/C16H13NO5/c17-15-11(7-10(18)8-12(15)16(21)22)14(20)6-5-9-3-1-2-4-13(9)19/h1-8,18-19H,17H2,(H,21,22)/b6-5+. The molecule has 0 aliphatic carbocycles. The van der Waals surface area contributed by atoms with Gasteiger partial charge in [0.15, 0.2) is 5.78 Å². The minimum absolute atomic E-state index is 0.00153. The number of carbonyl (C=O) groups is 2. The number of ketones is 1. The predicted octanol–water partition coefficient (Wildman–Crippen LogP) is 2.27. The molecule has 0 radical (unpaired) electrons. The molecule has 0 heterocycles. The number of nitrogens with two attached hydrogens (primary N) is 1. The highest BCUT2D eigenvalue weighted by molar-refractivity contribution is 6.13. The zero-order chi connectivity index (χ0) is 16.3. The molecule has 0 atom stereocenters. The summed E-state index contributed by atoms with van der Waals surface area (Å²) in [4.78, 5) is 23.1. The highest BCUT2D eigenvalue weighted by Gasteiger charge is 2.17. The normalized spacial score (nSPS) is 10.7. The number of benzene rings is 2. The first-order valence-corrected chi connectivity index (χ1v) is 6.26. The van der Waals surface area contributed by atoms with E-state index in [4.69, 9.17) is 10.8 Å². The summed E-state index contributed by atoms with van der Waals surface area (Å²) in [5, 5.41) is 28.1. The third kappa shape index (κ3) is 3.06. The lowest BCUT2D eigenvalue weighted by molar-refractivity contribution is 0.0697. The van der Waals surface area contributed by atoms with Crippen LogP contribution in [0, 0.1) is 0 Å². The molecule has 2 rings (SSSR count). The van der Waals surface area contributed by atoms with Crippen LogP contribution in [0.2, 0.25) is 0 Å². The van der Waals surface area contributed by atoms with E-state index in [9.17, 15) is 19.8 Å². The van der Waals surface area contributed by atoms with Crippen molar-refractivity contribution in [2.75, 3.05) is 5.73 Å². The highest BCUT2D eigenvalue weighted by atomic mass is 16.4. The van der Waals surface area contributed by atoms with E-state index in [-0.39, 0.29) is 28.3 Å². The van der Waals surface area contributed by atoms with Crippen LogP contribution in [0.25, 0.3) is 6.08 Å². The number of hydrogen-bond acceptors (Lipinski definition) is 5. The van der Waals surface area contributed by atoms with Gasteiger partial charge in [-0.1, -0.05) is 18.2 Å². The molecule has 2 aromatic carbocycles. The quantitative estimate of drug-likeness (QED) is 0.297. The second-order valence-corrected chi connectivity index (χ2v) is 4.52. The maximum Gasteiger partial charge on any atom is 0.337 e. The Morgan fingerprint density at radius 1 is 1.05 bits per heavy atom. The monoisotopic (exact) mass is 299 g/mol. The highest BCUT2D eigenvalue weighted by Crippen LogP contribution is 2.25.